The minimum absolute atomic E-state index is 0.295. The quantitative estimate of drug-likeness (QED) is 0.884. The first-order chi connectivity index (χ1) is 9.13. The van der Waals surface area contributed by atoms with Gasteiger partial charge in [-0.2, -0.15) is 5.10 Å². The van der Waals surface area contributed by atoms with Crippen molar-refractivity contribution < 1.29 is 5.11 Å². The molecule has 0 spiro atoms. The molecule has 19 heavy (non-hydrogen) atoms. The van der Waals surface area contributed by atoms with Crippen molar-refractivity contribution in [2.45, 2.75) is 40.2 Å². The number of aromatic hydroxyl groups is 1. The predicted molar refractivity (Wildman–Crippen MR) is 78.2 cm³/mol. The van der Waals surface area contributed by atoms with Gasteiger partial charge in [-0.25, -0.2) is 4.68 Å². The molecule has 1 aromatic carbocycles. The number of rotatable bonds is 5. The summed E-state index contributed by atoms with van der Waals surface area (Å²) in [6.45, 7) is 7.13. The Hall–Kier alpha value is -1.77. The van der Waals surface area contributed by atoms with Crippen molar-refractivity contribution in [1.82, 2.24) is 9.78 Å². The average Bonchev–Trinajstić information content (AvgIpc) is 2.67. The third-order valence-electron chi connectivity index (χ3n) is 3.09. The summed E-state index contributed by atoms with van der Waals surface area (Å²) in [7, 11) is 0. The summed E-state index contributed by atoms with van der Waals surface area (Å²) in [6, 6.07) is 10.0. The molecular formula is C16H22N2O. The van der Waals surface area contributed by atoms with Crippen molar-refractivity contribution >= 4 is 0 Å². The standard InChI is InChI=1S/C16H22N2O/c1-4-8-14-15(13-9-6-5-7-10-13)16(19)18(17-14)11-12(2)3/h5-7,9-10,12,19H,4,8,11H2,1-3H3. The van der Waals surface area contributed by atoms with E-state index in [2.05, 4.69) is 25.9 Å². The molecular weight excluding hydrogens is 236 g/mol. The molecule has 0 aliphatic heterocycles. The molecule has 0 bridgehead atoms. The van der Waals surface area contributed by atoms with Gasteiger partial charge in [0, 0.05) is 6.54 Å². The Kier molecular flexibility index (Phi) is 4.25. The zero-order valence-corrected chi connectivity index (χ0v) is 11.9. The third kappa shape index (κ3) is 2.98. The SMILES string of the molecule is CCCc1nn(CC(C)C)c(O)c1-c1ccccc1. The van der Waals surface area contributed by atoms with Crippen LogP contribution in [0.1, 0.15) is 32.9 Å². The van der Waals surface area contributed by atoms with Gasteiger partial charge in [-0.3, -0.25) is 0 Å². The summed E-state index contributed by atoms with van der Waals surface area (Å²) in [5.41, 5.74) is 2.92. The molecule has 0 atom stereocenters. The largest absolute Gasteiger partial charge is 0.493 e. The summed E-state index contributed by atoms with van der Waals surface area (Å²) in [5.74, 6) is 0.757. The highest BCUT2D eigenvalue weighted by Gasteiger charge is 2.18. The highest BCUT2D eigenvalue weighted by molar-refractivity contribution is 5.71. The van der Waals surface area contributed by atoms with Crippen LogP contribution in [0.25, 0.3) is 11.1 Å². The maximum absolute atomic E-state index is 10.4. The summed E-state index contributed by atoms with van der Waals surface area (Å²) >= 11 is 0. The van der Waals surface area contributed by atoms with E-state index >= 15 is 0 Å². The van der Waals surface area contributed by atoms with Gasteiger partial charge in [-0.05, 0) is 17.9 Å². The first-order valence-corrected chi connectivity index (χ1v) is 6.97. The Morgan fingerprint density at radius 1 is 1.21 bits per heavy atom. The number of hydrogen-bond donors (Lipinski definition) is 1. The molecule has 0 unspecified atom stereocenters. The minimum Gasteiger partial charge on any atom is -0.493 e. The van der Waals surface area contributed by atoms with Crippen LogP contribution in [0.2, 0.25) is 0 Å². The van der Waals surface area contributed by atoms with Gasteiger partial charge >= 0.3 is 0 Å². The van der Waals surface area contributed by atoms with E-state index < -0.39 is 0 Å². The summed E-state index contributed by atoms with van der Waals surface area (Å²) in [5, 5.41) is 15.0. The summed E-state index contributed by atoms with van der Waals surface area (Å²) in [6.07, 6.45) is 1.92. The van der Waals surface area contributed by atoms with E-state index in [-0.39, 0.29) is 0 Å². The minimum atomic E-state index is 0.295. The fraction of sp³-hybridized carbons (Fsp3) is 0.438. The molecule has 0 saturated carbocycles. The van der Waals surface area contributed by atoms with E-state index in [0.717, 1.165) is 36.2 Å². The molecule has 0 amide bonds. The second-order valence-corrected chi connectivity index (χ2v) is 5.34. The summed E-state index contributed by atoms with van der Waals surface area (Å²) in [4.78, 5) is 0. The van der Waals surface area contributed by atoms with Crippen molar-refractivity contribution in [3.8, 4) is 17.0 Å². The lowest BCUT2D eigenvalue weighted by atomic mass is 10.0. The van der Waals surface area contributed by atoms with E-state index in [1.54, 1.807) is 4.68 Å². The number of nitrogens with zero attached hydrogens (tertiary/aromatic N) is 2. The van der Waals surface area contributed by atoms with Crippen LogP contribution in [0.3, 0.4) is 0 Å². The first-order valence-electron chi connectivity index (χ1n) is 6.97. The molecule has 0 fully saturated rings. The fourth-order valence-corrected chi connectivity index (χ4v) is 2.29. The normalized spacial score (nSPS) is 11.2. The van der Waals surface area contributed by atoms with Gasteiger partial charge in [-0.1, -0.05) is 57.5 Å². The number of aryl methyl sites for hydroxylation is 1. The number of hydrogen-bond acceptors (Lipinski definition) is 2. The number of benzene rings is 1. The van der Waals surface area contributed by atoms with E-state index in [0.29, 0.717) is 11.8 Å². The Bertz CT molecular complexity index is 529. The van der Waals surface area contributed by atoms with Crippen molar-refractivity contribution in [2.75, 3.05) is 0 Å². The Morgan fingerprint density at radius 3 is 2.47 bits per heavy atom. The van der Waals surface area contributed by atoms with E-state index in [1.807, 2.05) is 30.3 Å². The molecule has 2 rings (SSSR count). The van der Waals surface area contributed by atoms with E-state index in [4.69, 9.17) is 0 Å². The molecule has 3 heteroatoms. The van der Waals surface area contributed by atoms with Gasteiger partial charge in [0.05, 0.1) is 11.3 Å². The van der Waals surface area contributed by atoms with Crippen molar-refractivity contribution in [3.63, 3.8) is 0 Å². The zero-order chi connectivity index (χ0) is 13.8. The summed E-state index contributed by atoms with van der Waals surface area (Å²) < 4.78 is 1.73. The molecule has 0 radical (unpaired) electrons. The number of aromatic nitrogens is 2. The molecule has 0 aliphatic rings. The van der Waals surface area contributed by atoms with Gasteiger partial charge in [-0.15, -0.1) is 0 Å². The van der Waals surface area contributed by atoms with E-state index in [9.17, 15) is 5.11 Å². The van der Waals surface area contributed by atoms with Gasteiger partial charge in [0.15, 0.2) is 0 Å². The van der Waals surface area contributed by atoms with Crippen LogP contribution in [0.4, 0.5) is 0 Å². The lowest BCUT2D eigenvalue weighted by Crippen LogP contribution is -2.05. The molecule has 1 N–H and O–H groups in total. The maximum Gasteiger partial charge on any atom is 0.217 e. The van der Waals surface area contributed by atoms with Crippen LogP contribution in [0, 0.1) is 5.92 Å². The van der Waals surface area contributed by atoms with Gasteiger partial charge in [0.25, 0.3) is 0 Å². The van der Waals surface area contributed by atoms with E-state index in [1.165, 1.54) is 0 Å². The second-order valence-electron chi connectivity index (χ2n) is 5.34. The van der Waals surface area contributed by atoms with Gasteiger partial charge < -0.3 is 5.11 Å². The van der Waals surface area contributed by atoms with Crippen molar-refractivity contribution in [3.05, 3.63) is 36.0 Å². The highest BCUT2D eigenvalue weighted by Crippen LogP contribution is 2.33. The monoisotopic (exact) mass is 258 g/mol. The Morgan fingerprint density at radius 2 is 1.89 bits per heavy atom. The molecule has 102 valence electrons. The Balaban J connectivity index is 2.48. The average molecular weight is 258 g/mol. The lowest BCUT2D eigenvalue weighted by molar-refractivity contribution is 0.372. The second kappa shape index (κ2) is 5.91. The van der Waals surface area contributed by atoms with Crippen LogP contribution in [-0.4, -0.2) is 14.9 Å². The van der Waals surface area contributed by atoms with Crippen molar-refractivity contribution in [2.24, 2.45) is 5.92 Å². The molecule has 1 aromatic heterocycles. The first kappa shape index (κ1) is 13.7. The van der Waals surface area contributed by atoms with Gasteiger partial charge in [0.2, 0.25) is 5.88 Å². The molecule has 0 saturated heterocycles. The van der Waals surface area contributed by atoms with Crippen LogP contribution in [0.15, 0.2) is 30.3 Å². The lowest BCUT2D eigenvalue weighted by Gasteiger charge is -2.06. The van der Waals surface area contributed by atoms with Crippen molar-refractivity contribution in [1.29, 1.82) is 0 Å². The third-order valence-corrected chi connectivity index (χ3v) is 3.09. The van der Waals surface area contributed by atoms with Crippen LogP contribution < -0.4 is 0 Å². The molecule has 1 heterocycles. The molecule has 0 aliphatic carbocycles. The predicted octanol–water partition coefficient (Wildman–Crippen LogP) is 3.86. The van der Waals surface area contributed by atoms with Crippen LogP contribution >= 0.6 is 0 Å². The molecule has 3 nitrogen and oxygen atoms in total. The zero-order valence-electron chi connectivity index (χ0n) is 11.9. The van der Waals surface area contributed by atoms with Crippen LogP contribution in [-0.2, 0) is 13.0 Å². The fourth-order valence-electron chi connectivity index (χ4n) is 2.29. The smallest absolute Gasteiger partial charge is 0.217 e. The topological polar surface area (TPSA) is 38.0 Å². The van der Waals surface area contributed by atoms with Gasteiger partial charge in [0.1, 0.15) is 0 Å². The molecule has 2 aromatic rings. The maximum atomic E-state index is 10.4. The Labute approximate surface area is 114 Å². The highest BCUT2D eigenvalue weighted by atomic mass is 16.3. The van der Waals surface area contributed by atoms with Crippen LogP contribution in [0.5, 0.6) is 5.88 Å².